The number of halogens is 1. The van der Waals surface area contributed by atoms with Crippen LogP contribution in [0, 0.1) is 11.3 Å². The van der Waals surface area contributed by atoms with Crippen LogP contribution in [0.1, 0.15) is 18.4 Å². The standard InChI is InChI=1S/C16H22N4O.ClH/c1-3-4-12-7-9-14(10-8-12)20(11-13-5-6-13)15(17)19-16(21)18-2;/h3,7-10,13H,1,4-6,11H2,2H3,(H3,17,18,19,21);1H. The predicted molar refractivity (Wildman–Crippen MR) is 93.0 cm³/mol. The van der Waals surface area contributed by atoms with Crippen molar-refractivity contribution in [2.24, 2.45) is 5.92 Å². The van der Waals surface area contributed by atoms with Crippen LogP contribution in [0.5, 0.6) is 0 Å². The van der Waals surface area contributed by atoms with Crippen LogP contribution in [-0.2, 0) is 6.42 Å². The van der Waals surface area contributed by atoms with Crippen molar-refractivity contribution in [3.05, 3.63) is 42.5 Å². The van der Waals surface area contributed by atoms with Crippen molar-refractivity contribution in [1.82, 2.24) is 10.6 Å². The molecule has 0 unspecified atom stereocenters. The number of anilines is 1. The molecule has 1 fully saturated rings. The van der Waals surface area contributed by atoms with Gasteiger partial charge >= 0.3 is 6.03 Å². The Bertz CT molecular complexity index is 525. The zero-order chi connectivity index (χ0) is 15.2. The van der Waals surface area contributed by atoms with E-state index in [0.29, 0.717) is 5.92 Å². The molecule has 1 aromatic carbocycles. The minimum Gasteiger partial charge on any atom is -0.341 e. The summed E-state index contributed by atoms with van der Waals surface area (Å²) in [6, 6.07) is 7.67. The Morgan fingerprint density at radius 2 is 2.05 bits per heavy atom. The van der Waals surface area contributed by atoms with Crippen LogP contribution in [0.2, 0.25) is 0 Å². The van der Waals surface area contributed by atoms with Gasteiger partial charge in [-0.15, -0.1) is 19.0 Å². The molecule has 0 radical (unpaired) electrons. The van der Waals surface area contributed by atoms with Gasteiger partial charge in [-0.05, 0) is 42.9 Å². The van der Waals surface area contributed by atoms with Crippen molar-refractivity contribution >= 4 is 30.1 Å². The van der Waals surface area contributed by atoms with E-state index in [1.165, 1.54) is 25.5 Å². The molecule has 0 aromatic heterocycles. The van der Waals surface area contributed by atoms with Crippen LogP contribution in [0.4, 0.5) is 10.5 Å². The van der Waals surface area contributed by atoms with E-state index in [0.717, 1.165) is 18.7 Å². The number of amides is 2. The van der Waals surface area contributed by atoms with Gasteiger partial charge in [-0.3, -0.25) is 10.7 Å². The number of hydrogen-bond acceptors (Lipinski definition) is 2. The Kier molecular flexibility index (Phi) is 6.92. The third kappa shape index (κ3) is 5.07. The quantitative estimate of drug-likeness (QED) is 0.443. The van der Waals surface area contributed by atoms with Crippen LogP contribution in [0.15, 0.2) is 36.9 Å². The topological polar surface area (TPSA) is 68.2 Å². The SMILES string of the molecule is C=CCc1ccc(N(CC2CC2)C(=N)NC(=O)NC)cc1.Cl. The Balaban J connectivity index is 0.00000242. The summed E-state index contributed by atoms with van der Waals surface area (Å²) in [7, 11) is 1.54. The maximum absolute atomic E-state index is 11.4. The van der Waals surface area contributed by atoms with Crippen LogP contribution in [-0.4, -0.2) is 25.6 Å². The Morgan fingerprint density at radius 1 is 1.41 bits per heavy atom. The van der Waals surface area contributed by atoms with E-state index in [4.69, 9.17) is 5.41 Å². The summed E-state index contributed by atoms with van der Waals surface area (Å²) in [5, 5.41) is 13.1. The molecule has 5 nitrogen and oxygen atoms in total. The largest absolute Gasteiger partial charge is 0.341 e. The normalized spacial score (nSPS) is 12.8. The van der Waals surface area contributed by atoms with Gasteiger partial charge in [0.15, 0.2) is 0 Å². The van der Waals surface area contributed by atoms with Gasteiger partial charge in [0, 0.05) is 19.3 Å². The molecule has 0 atom stereocenters. The van der Waals surface area contributed by atoms with Crippen molar-refractivity contribution in [1.29, 1.82) is 5.41 Å². The van der Waals surface area contributed by atoms with E-state index in [2.05, 4.69) is 17.2 Å². The van der Waals surface area contributed by atoms with Crippen LogP contribution in [0.25, 0.3) is 0 Å². The highest BCUT2D eigenvalue weighted by molar-refractivity contribution is 6.03. The molecule has 0 aliphatic heterocycles. The molecule has 0 spiro atoms. The first-order chi connectivity index (χ1) is 10.1. The number of rotatable bonds is 5. The number of urea groups is 1. The summed E-state index contributed by atoms with van der Waals surface area (Å²) in [6.07, 6.45) is 5.08. The summed E-state index contributed by atoms with van der Waals surface area (Å²) in [5.74, 6) is 0.724. The van der Waals surface area contributed by atoms with Gasteiger partial charge in [0.1, 0.15) is 0 Å². The first-order valence-electron chi connectivity index (χ1n) is 7.18. The molecule has 1 aliphatic rings. The van der Waals surface area contributed by atoms with Gasteiger partial charge in [-0.1, -0.05) is 18.2 Å². The molecule has 3 N–H and O–H groups in total. The lowest BCUT2D eigenvalue weighted by Crippen LogP contribution is -2.47. The maximum atomic E-state index is 11.4. The third-order valence-electron chi connectivity index (χ3n) is 3.49. The van der Waals surface area contributed by atoms with Crippen molar-refractivity contribution < 1.29 is 4.79 Å². The fraction of sp³-hybridized carbons (Fsp3) is 0.375. The summed E-state index contributed by atoms with van der Waals surface area (Å²) < 4.78 is 0. The minimum atomic E-state index is -0.371. The summed E-state index contributed by atoms with van der Waals surface area (Å²) in [6.45, 7) is 4.50. The predicted octanol–water partition coefficient (Wildman–Crippen LogP) is 2.92. The van der Waals surface area contributed by atoms with Crippen LogP contribution < -0.4 is 15.5 Å². The van der Waals surface area contributed by atoms with E-state index in [1.54, 1.807) is 0 Å². The zero-order valence-corrected chi connectivity index (χ0v) is 13.6. The first kappa shape index (κ1) is 18.0. The number of benzene rings is 1. The molecule has 22 heavy (non-hydrogen) atoms. The Morgan fingerprint density at radius 3 is 2.55 bits per heavy atom. The first-order valence-corrected chi connectivity index (χ1v) is 7.18. The summed E-state index contributed by atoms with van der Waals surface area (Å²) in [4.78, 5) is 13.2. The second-order valence-corrected chi connectivity index (χ2v) is 5.27. The highest BCUT2D eigenvalue weighted by Gasteiger charge is 2.26. The lowest BCUT2D eigenvalue weighted by atomic mass is 10.1. The molecular weight excluding hydrogens is 300 g/mol. The molecule has 2 amide bonds. The van der Waals surface area contributed by atoms with Gasteiger partial charge in [-0.2, -0.15) is 0 Å². The molecule has 1 saturated carbocycles. The Hall–Kier alpha value is -2.01. The van der Waals surface area contributed by atoms with Gasteiger partial charge in [0.25, 0.3) is 0 Å². The lowest BCUT2D eigenvalue weighted by Gasteiger charge is -2.25. The number of allylic oxidation sites excluding steroid dienone is 1. The average molecular weight is 323 g/mol. The average Bonchev–Trinajstić information content (AvgIpc) is 3.30. The van der Waals surface area contributed by atoms with Crippen molar-refractivity contribution in [3.8, 4) is 0 Å². The number of nitrogens with zero attached hydrogens (tertiary/aromatic N) is 1. The molecule has 2 rings (SSSR count). The van der Waals surface area contributed by atoms with Crippen LogP contribution in [0.3, 0.4) is 0 Å². The van der Waals surface area contributed by atoms with Gasteiger partial charge in [0.05, 0.1) is 0 Å². The van der Waals surface area contributed by atoms with E-state index in [1.807, 2.05) is 35.2 Å². The molecular formula is C16H23ClN4O. The molecule has 0 saturated heterocycles. The monoisotopic (exact) mass is 322 g/mol. The van der Waals surface area contributed by atoms with Crippen molar-refractivity contribution in [2.45, 2.75) is 19.3 Å². The molecule has 120 valence electrons. The van der Waals surface area contributed by atoms with Crippen molar-refractivity contribution in [3.63, 3.8) is 0 Å². The van der Waals surface area contributed by atoms with E-state index in [9.17, 15) is 4.79 Å². The van der Waals surface area contributed by atoms with E-state index < -0.39 is 0 Å². The second-order valence-electron chi connectivity index (χ2n) is 5.27. The van der Waals surface area contributed by atoms with E-state index >= 15 is 0 Å². The highest BCUT2D eigenvalue weighted by Crippen LogP contribution is 2.31. The van der Waals surface area contributed by atoms with Crippen LogP contribution >= 0.6 is 12.4 Å². The number of carbonyl (C=O) groups excluding carboxylic acids is 1. The Labute approximate surface area is 137 Å². The van der Waals surface area contributed by atoms with Gasteiger partial charge < -0.3 is 10.2 Å². The maximum Gasteiger partial charge on any atom is 0.321 e. The molecule has 1 aliphatic carbocycles. The summed E-state index contributed by atoms with van der Waals surface area (Å²) in [5.41, 5.74) is 2.11. The number of nitrogens with one attached hydrogen (secondary N) is 3. The molecule has 6 heteroatoms. The lowest BCUT2D eigenvalue weighted by molar-refractivity contribution is 0.247. The molecule has 0 bridgehead atoms. The summed E-state index contributed by atoms with van der Waals surface area (Å²) >= 11 is 0. The highest BCUT2D eigenvalue weighted by atomic mass is 35.5. The minimum absolute atomic E-state index is 0. The number of carbonyl (C=O) groups is 1. The molecule has 1 aromatic rings. The molecule has 0 heterocycles. The zero-order valence-electron chi connectivity index (χ0n) is 12.8. The fourth-order valence-corrected chi connectivity index (χ4v) is 2.10. The number of guanidine groups is 1. The second kappa shape index (κ2) is 8.44. The van der Waals surface area contributed by atoms with Crippen molar-refractivity contribution in [2.75, 3.05) is 18.5 Å². The van der Waals surface area contributed by atoms with E-state index in [-0.39, 0.29) is 24.4 Å². The smallest absolute Gasteiger partial charge is 0.321 e. The fourth-order valence-electron chi connectivity index (χ4n) is 2.10. The third-order valence-corrected chi connectivity index (χ3v) is 3.49. The van der Waals surface area contributed by atoms with Gasteiger partial charge in [-0.25, -0.2) is 4.79 Å². The van der Waals surface area contributed by atoms with Gasteiger partial charge in [0.2, 0.25) is 5.96 Å². The number of hydrogen-bond donors (Lipinski definition) is 3.